The molecule has 0 radical (unpaired) electrons. The molecule has 2 aliphatic carbocycles. The summed E-state index contributed by atoms with van der Waals surface area (Å²) in [6.07, 6.45) is 2.51. The number of hydrogen-bond acceptors (Lipinski definition) is 8. The molecule has 13 heteroatoms. The number of benzene rings is 3. The first-order chi connectivity index (χ1) is 25.8. The monoisotopic (exact) mass is 824 g/mol. The average molecular weight is 826 g/mol. The van der Waals surface area contributed by atoms with Gasteiger partial charge in [-0.25, -0.2) is 4.90 Å². The molecule has 1 N–H and O–H groups in total. The van der Waals surface area contributed by atoms with E-state index in [1.165, 1.54) is 16.9 Å². The van der Waals surface area contributed by atoms with Crippen molar-refractivity contribution in [1.82, 2.24) is 9.78 Å². The first-order valence-electron chi connectivity index (χ1n) is 17.6. The SMILES string of the molecule is COc1ccc([C@H]2C3=CC[C@@H]4C(=O)N(c5ccc(Br)cc5)C(=O)[C@@H]4[C@@H]3C[C@H]3C(=O)N(c4cc(-c5sc6ccc(Cl)cc6c5C)nn4C)C(=O)[C@@]23C)cc1O. The number of imide groups is 2. The minimum atomic E-state index is -1.29. The highest BCUT2D eigenvalue weighted by atomic mass is 79.9. The molecule has 274 valence electrons. The molecule has 4 aliphatic rings. The molecule has 4 heterocycles. The van der Waals surface area contributed by atoms with Crippen LogP contribution in [-0.4, -0.2) is 45.6 Å². The van der Waals surface area contributed by atoms with E-state index in [-0.39, 0.29) is 41.5 Å². The van der Waals surface area contributed by atoms with Gasteiger partial charge in [-0.3, -0.25) is 28.8 Å². The molecule has 3 fully saturated rings. The van der Waals surface area contributed by atoms with Crippen LogP contribution in [0.15, 0.2) is 82.9 Å². The summed E-state index contributed by atoms with van der Waals surface area (Å²) < 4.78 is 8.78. The van der Waals surface area contributed by atoms with Crippen molar-refractivity contribution in [3.63, 3.8) is 0 Å². The van der Waals surface area contributed by atoms with Gasteiger partial charge in [-0.1, -0.05) is 45.2 Å². The lowest BCUT2D eigenvalue weighted by atomic mass is 9.51. The lowest BCUT2D eigenvalue weighted by molar-refractivity contribution is -0.131. The Morgan fingerprint density at radius 1 is 0.963 bits per heavy atom. The van der Waals surface area contributed by atoms with Gasteiger partial charge in [0.15, 0.2) is 11.5 Å². The third kappa shape index (κ3) is 4.85. The molecule has 6 atom stereocenters. The maximum Gasteiger partial charge on any atom is 0.242 e. The molecule has 9 rings (SSSR count). The number of rotatable bonds is 5. The van der Waals surface area contributed by atoms with Gasteiger partial charge in [0.2, 0.25) is 23.6 Å². The van der Waals surface area contributed by atoms with Crippen molar-refractivity contribution in [2.24, 2.45) is 36.1 Å². The molecule has 54 heavy (non-hydrogen) atoms. The topological polar surface area (TPSA) is 122 Å². The Hall–Kier alpha value is -4.78. The van der Waals surface area contributed by atoms with Crippen LogP contribution in [0.3, 0.4) is 0 Å². The Balaban J connectivity index is 1.15. The number of carbonyl (C=O) groups excluding carboxylic acids is 4. The highest BCUT2D eigenvalue weighted by molar-refractivity contribution is 9.10. The molecule has 5 aromatic rings. The Bertz CT molecular complexity index is 2510. The Morgan fingerprint density at radius 2 is 1.72 bits per heavy atom. The standard InChI is InChI=1S/C41H34BrClN4O6S/c1-19-26-16-22(43)8-14-32(26)54-36(19)29-18-33(45(3)44-29)47-38(50)28-17-27-24(35(41(28,2)40(47)52)20-5-13-31(53-4)30(48)15-20)11-12-25-34(27)39(51)46(37(25)49)23-9-6-21(42)7-10-23/h5-11,13-16,18,25,27-28,34-35,48H,12,17H2,1-4H3/t25-,27+,28-,34-,35-,41+/m0/s1. The predicted octanol–water partition coefficient (Wildman–Crippen LogP) is 8.18. The van der Waals surface area contributed by atoms with Gasteiger partial charge < -0.3 is 9.84 Å². The summed E-state index contributed by atoms with van der Waals surface area (Å²) in [4.78, 5) is 61.7. The summed E-state index contributed by atoms with van der Waals surface area (Å²) in [7, 11) is 3.18. The number of amides is 4. The van der Waals surface area contributed by atoms with E-state index < -0.39 is 35.0 Å². The molecule has 10 nitrogen and oxygen atoms in total. The van der Waals surface area contributed by atoms with Crippen LogP contribution in [0.25, 0.3) is 20.7 Å². The number of phenols is 1. The van der Waals surface area contributed by atoms with Gasteiger partial charge in [-0.05, 0) is 104 Å². The van der Waals surface area contributed by atoms with Crippen molar-refractivity contribution in [1.29, 1.82) is 0 Å². The number of halogens is 2. The number of phenolic OH excluding ortho intramolecular Hbond substituents is 1. The highest BCUT2D eigenvalue weighted by Crippen LogP contribution is 2.64. The Kier molecular flexibility index (Phi) is 8.01. The summed E-state index contributed by atoms with van der Waals surface area (Å²) in [6, 6.07) is 19.6. The molecule has 4 amide bonds. The fourth-order valence-corrected chi connectivity index (χ4v) is 11.1. The van der Waals surface area contributed by atoms with E-state index in [1.807, 2.05) is 38.1 Å². The van der Waals surface area contributed by atoms with Gasteiger partial charge in [0.25, 0.3) is 0 Å². The van der Waals surface area contributed by atoms with Crippen LogP contribution in [0.5, 0.6) is 11.5 Å². The number of aromatic nitrogens is 2. The molecule has 0 spiro atoms. The summed E-state index contributed by atoms with van der Waals surface area (Å²) in [6.45, 7) is 3.82. The first-order valence-corrected chi connectivity index (χ1v) is 19.6. The maximum atomic E-state index is 15.1. The number of ether oxygens (including phenoxy) is 1. The van der Waals surface area contributed by atoms with Crippen LogP contribution < -0.4 is 14.5 Å². The van der Waals surface area contributed by atoms with Crippen LogP contribution in [0.2, 0.25) is 5.02 Å². The Morgan fingerprint density at radius 3 is 2.44 bits per heavy atom. The Labute approximate surface area is 328 Å². The normalized spacial score (nSPS) is 26.3. The number of methoxy groups -OCH3 is 1. The lowest BCUT2D eigenvalue weighted by Gasteiger charge is -2.49. The molecule has 0 unspecified atom stereocenters. The fraction of sp³-hybridized carbons (Fsp3) is 0.293. The zero-order chi connectivity index (χ0) is 38.0. The van der Waals surface area contributed by atoms with Crippen molar-refractivity contribution in [2.75, 3.05) is 16.9 Å². The molecule has 0 bridgehead atoms. The molecule has 2 aromatic heterocycles. The van der Waals surface area contributed by atoms with Crippen LogP contribution in [0.1, 0.15) is 36.8 Å². The summed E-state index contributed by atoms with van der Waals surface area (Å²) >= 11 is 11.3. The van der Waals surface area contributed by atoms with Crippen molar-refractivity contribution in [3.8, 4) is 22.1 Å². The van der Waals surface area contributed by atoms with Gasteiger partial charge in [-0.2, -0.15) is 5.10 Å². The minimum Gasteiger partial charge on any atom is -0.504 e. The number of thiophene rings is 1. The van der Waals surface area contributed by atoms with E-state index >= 15 is 4.79 Å². The van der Waals surface area contributed by atoms with Gasteiger partial charge in [0.05, 0.1) is 40.8 Å². The van der Waals surface area contributed by atoms with Crippen molar-refractivity contribution < 1.29 is 29.0 Å². The molecular formula is C41H34BrClN4O6S. The molecular weight excluding hydrogens is 792 g/mol. The van der Waals surface area contributed by atoms with Crippen LogP contribution >= 0.6 is 38.9 Å². The van der Waals surface area contributed by atoms with E-state index in [0.29, 0.717) is 34.2 Å². The second kappa shape index (κ2) is 12.4. The van der Waals surface area contributed by atoms with Crippen molar-refractivity contribution >= 4 is 84.1 Å². The third-order valence-electron chi connectivity index (χ3n) is 12.1. The third-order valence-corrected chi connectivity index (χ3v) is 14.2. The van der Waals surface area contributed by atoms with Crippen molar-refractivity contribution in [3.05, 3.63) is 99.0 Å². The smallest absolute Gasteiger partial charge is 0.242 e. The van der Waals surface area contributed by atoms with Crippen molar-refractivity contribution in [2.45, 2.75) is 32.6 Å². The largest absolute Gasteiger partial charge is 0.504 e. The summed E-state index contributed by atoms with van der Waals surface area (Å²) in [5.41, 5.74) is 2.26. The van der Waals surface area contributed by atoms with Gasteiger partial charge in [0, 0.05) is 33.2 Å². The van der Waals surface area contributed by atoms with Crippen LogP contribution in [-0.2, 0) is 26.2 Å². The lowest BCUT2D eigenvalue weighted by Crippen LogP contribution is -2.48. The molecule has 2 aliphatic heterocycles. The van der Waals surface area contributed by atoms with Crippen LogP contribution in [0, 0.1) is 36.0 Å². The fourth-order valence-electron chi connectivity index (χ4n) is 9.56. The van der Waals surface area contributed by atoms with Gasteiger partial charge in [-0.15, -0.1) is 11.3 Å². The van der Waals surface area contributed by atoms with Gasteiger partial charge in [0.1, 0.15) is 11.5 Å². The van der Waals surface area contributed by atoms with Crippen LogP contribution in [0.4, 0.5) is 11.5 Å². The average Bonchev–Trinajstić information content (AvgIpc) is 3.82. The number of hydrogen-bond donors (Lipinski definition) is 1. The highest BCUT2D eigenvalue weighted by Gasteiger charge is 2.68. The number of aromatic hydroxyl groups is 1. The zero-order valence-electron chi connectivity index (χ0n) is 29.7. The number of carbonyl (C=O) groups is 4. The van der Waals surface area contributed by atoms with E-state index in [0.717, 1.165) is 30.6 Å². The number of anilines is 2. The molecule has 1 saturated carbocycles. The summed E-state index contributed by atoms with van der Waals surface area (Å²) in [5.74, 6) is -4.21. The molecule has 2 saturated heterocycles. The maximum absolute atomic E-state index is 15.1. The molecule has 3 aromatic carbocycles. The van der Waals surface area contributed by atoms with E-state index in [2.05, 4.69) is 15.9 Å². The van der Waals surface area contributed by atoms with E-state index in [4.69, 9.17) is 21.4 Å². The number of aryl methyl sites for hydroxylation is 2. The quantitative estimate of drug-likeness (QED) is 0.140. The number of nitrogens with zero attached hydrogens (tertiary/aromatic N) is 4. The number of allylic oxidation sites excluding steroid dienone is 2. The second-order valence-electron chi connectivity index (χ2n) is 14.8. The second-order valence-corrected chi connectivity index (χ2v) is 17.2. The van der Waals surface area contributed by atoms with Gasteiger partial charge >= 0.3 is 0 Å². The predicted molar refractivity (Wildman–Crippen MR) is 210 cm³/mol. The van der Waals surface area contributed by atoms with E-state index in [9.17, 15) is 19.5 Å². The zero-order valence-corrected chi connectivity index (χ0v) is 32.8. The first kappa shape index (κ1) is 35.0. The number of fused-ring (bicyclic) bond motifs is 5. The van der Waals surface area contributed by atoms with E-state index in [1.54, 1.807) is 71.6 Å². The summed E-state index contributed by atoms with van der Waals surface area (Å²) in [5, 5.41) is 17.4. The minimum absolute atomic E-state index is 0.106.